The molecule has 1 aromatic heterocycles. The first kappa shape index (κ1) is 18.4. The molecule has 3 aromatic rings. The van der Waals surface area contributed by atoms with Gasteiger partial charge in [-0.15, -0.1) is 0 Å². The Hall–Kier alpha value is -2.92. The van der Waals surface area contributed by atoms with Crippen LogP contribution < -0.4 is 10.2 Å². The van der Waals surface area contributed by atoms with E-state index < -0.39 is 0 Å². The average Bonchev–Trinajstić information content (AvgIpc) is 2.70. The molecule has 0 saturated heterocycles. The van der Waals surface area contributed by atoms with E-state index in [4.69, 9.17) is 11.6 Å². The number of nitrogens with zero attached hydrogens (tertiary/aromatic N) is 3. The number of aryl methyl sites for hydroxylation is 2. The molecule has 0 unspecified atom stereocenters. The van der Waals surface area contributed by atoms with Crippen LogP contribution in [0.3, 0.4) is 0 Å². The first-order chi connectivity index (χ1) is 13.5. The summed E-state index contributed by atoms with van der Waals surface area (Å²) in [6.45, 7) is 4.58. The van der Waals surface area contributed by atoms with Crippen molar-refractivity contribution in [2.75, 3.05) is 16.8 Å². The van der Waals surface area contributed by atoms with Gasteiger partial charge in [-0.2, -0.15) is 0 Å². The molecule has 1 aliphatic rings. The Kier molecular flexibility index (Phi) is 5.01. The molecule has 4 rings (SSSR count). The summed E-state index contributed by atoms with van der Waals surface area (Å²) in [6.07, 6.45) is 2.07. The lowest BCUT2D eigenvalue weighted by Gasteiger charge is -2.29. The molecule has 0 saturated carbocycles. The molecule has 2 aromatic carbocycles. The molecule has 0 radical (unpaired) electrons. The van der Waals surface area contributed by atoms with Crippen molar-refractivity contribution in [2.45, 2.75) is 26.7 Å². The SMILES string of the molecule is Cc1cc(C(=O)Nc2cccc(Cl)c2C)nc(N2CCCc3ccccc32)n1. The topological polar surface area (TPSA) is 58.1 Å². The number of anilines is 3. The number of benzene rings is 2. The molecule has 1 N–H and O–H groups in total. The van der Waals surface area contributed by atoms with Gasteiger partial charge in [0.15, 0.2) is 0 Å². The number of fused-ring (bicyclic) bond motifs is 1. The van der Waals surface area contributed by atoms with Crippen LogP contribution in [0, 0.1) is 13.8 Å². The summed E-state index contributed by atoms with van der Waals surface area (Å²) in [6, 6.07) is 15.4. The highest BCUT2D eigenvalue weighted by Gasteiger charge is 2.22. The number of amides is 1. The lowest BCUT2D eigenvalue weighted by molar-refractivity contribution is 0.102. The van der Waals surface area contributed by atoms with E-state index in [0.29, 0.717) is 22.4 Å². The molecule has 6 heteroatoms. The molecule has 2 heterocycles. The quantitative estimate of drug-likeness (QED) is 0.675. The van der Waals surface area contributed by atoms with Crippen LogP contribution in [0.1, 0.15) is 33.7 Å². The van der Waals surface area contributed by atoms with Crippen molar-refractivity contribution in [1.29, 1.82) is 0 Å². The maximum absolute atomic E-state index is 12.8. The summed E-state index contributed by atoms with van der Waals surface area (Å²) in [5.41, 5.74) is 4.98. The van der Waals surface area contributed by atoms with Crippen LogP contribution in [0.4, 0.5) is 17.3 Å². The van der Waals surface area contributed by atoms with E-state index in [1.165, 1.54) is 5.56 Å². The molecule has 5 nitrogen and oxygen atoms in total. The monoisotopic (exact) mass is 392 g/mol. The second-order valence-corrected chi connectivity index (χ2v) is 7.35. The van der Waals surface area contributed by atoms with Gasteiger partial charge in [0.05, 0.1) is 0 Å². The van der Waals surface area contributed by atoms with E-state index in [-0.39, 0.29) is 5.91 Å². The minimum absolute atomic E-state index is 0.276. The minimum atomic E-state index is -0.276. The molecular formula is C22H21ClN4O. The van der Waals surface area contributed by atoms with Gasteiger partial charge in [-0.05, 0) is 62.1 Å². The zero-order chi connectivity index (χ0) is 19.7. The lowest BCUT2D eigenvalue weighted by atomic mass is 10.0. The van der Waals surface area contributed by atoms with Crippen LogP contribution in [0.2, 0.25) is 5.02 Å². The maximum atomic E-state index is 12.8. The van der Waals surface area contributed by atoms with Crippen molar-refractivity contribution in [3.05, 3.63) is 76.1 Å². The highest BCUT2D eigenvalue weighted by Crippen LogP contribution is 2.31. The van der Waals surface area contributed by atoms with Crippen LogP contribution in [-0.2, 0) is 6.42 Å². The fraction of sp³-hybridized carbons (Fsp3) is 0.227. The summed E-state index contributed by atoms with van der Waals surface area (Å²) >= 11 is 6.16. The number of hydrogen-bond donors (Lipinski definition) is 1. The van der Waals surface area contributed by atoms with Gasteiger partial charge in [0.25, 0.3) is 5.91 Å². The van der Waals surface area contributed by atoms with Crippen molar-refractivity contribution >= 4 is 34.8 Å². The van der Waals surface area contributed by atoms with E-state index in [9.17, 15) is 4.79 Å². The molecular weight excluding hydrogens is 372 g/mol. The van der Waals surface area contributed by atoms with E-state index in [2.05, 4.69) is 32.3 Å². The predicted molar refractivity (Wildman–Crippen MR) is 113 cm³/mol. The van der Waals surface area contributed by atoms with Crippen LogP contribution in [0.25, 0.3) is 0 Å². The van der Waals surface area contributed by atoms with Gasteiger partial charge in [-0.3, -0.25) is 4.79 Å². The summed E-state index contributed by atoms with van der Waals surface area (Å²) in [7, 11) is 0. The minimum Gasteiger partial charge on any atom is -0.320 e. The molecule has 1 aliphatic heterocycles. The predicted octanol–water partition coefficient (Wildman–Crippen LogP) is 5.08. The van der Waals surface area contributed by atoms with Crippen molar-refractivity contribution in [2.24, 2.45) is 0 Å². The Balaban J connectivity index is 1.67. The molecule has 0 atom stereocenters. The smallest absolute Gasteiger partial charge is 0.274 e. The lowest BCUT2D eigenvalue weighted by Crippen LogP contribution is -2.27. The summed E-state index contributed by atoms with van der Waals surface area (Å²) < 4.78 is 0. The Morgan fingerprint density at radius 2 is 1.93 bits per heavy atom. The third-order valence-corrected chi connectivity index (χ3v) is 5.35. The van der Waals surface area contributed by atoms with E-state index in [0.717, 1.165) is 36.3 Å². The van der Waals surface area contributed by atoms with Gasteiger partial charge in [0, 0.05) is 28.6 Å². The highest BCUT2D eigenvalue weighted by molar-refractivity contribution is 6.31. The number of hydrogen-bond acceptors (Lipinski definition) is 4. The Morgan fingerprint density at radius 1 is 1.11 bits per heavy atom. The van der Waals surface area contributed by atoms with E-state index >= 15 is 0 Å². The summed E-state index contributed by atoms with van der Waals surface area (Å²) in [4.78, 5) is 24.1. The zero-order valence-electron chi connectivity index (χ0n) is 15.9. The molecule has 0 spiro atoms. The van der Waals surface area contributed by atoms with Crippen LogP contribution in [0.15, 0.2) is 48.5 Å². The Labute approximate surface area is 169 Å². The van der Waals surface area contributed by atoms with Gasteiger partial charge in [-0.25, -0.2) is 9.97 Å². The van der Waals surface area contributed by atoms with E-state index in [1.807, 2.05) is 38.1 Å². The number of rotatable bonds is 3. The number of halogens is 1. The second kappa shape index (κ2) is 7.60. The highest BCUT2D eigenvalue weighted by atomic mass is 35.5. The number of para-hydroxylation sites is 1. The number of carbonyl (C=O) groups excluding carboxylic acids is 1. The van der Waals surface area contributed by atoms with Gasteiger partial charge >= 0.3 is 0 Å². The average molecular weight is 393 g/mol. The number of aromatic nitrogens is 2. The largest absolute Gasteiger partial charge is 0.320 e. The number of carbonyl (C=O) groups is 1. The molecule has 142 valence electrons. The van der Waals surface area contributed by atoms with Gasteiger partial charge < -0.3 is 10.2 Å². The van der Waals surface area contributed by atoms with Gasteiger partial charge in [0.2, 0.25) is 5.95 Å². The zero-order valence-corrected chi connectivity index (χ0v) is 16.6. The third-order valence-electron chi connectivity index (χ3n) is 4.94. The maximum Gasteiger partial charge on any atom is 0.274 e. The molecule has 1 amide bonds. The van der Waals surface area contributed by atoms with Crippen molar-refractivity contribution in [3.63, 3.8) is 0 Å². The fourth-order valence-corrected chi connectivity index (χ4v) is 3.64. The van der Waals surface area contributed by atoms with Crippen molar-refractivity contribution in [1.82, 2.24) is 9.97 Å². The Bertz CT molecular complexity index is 1050. The van der Waals surface area contributed by atoms with Crippen molar-refractivity contribution < 1.29 is 4.79 Å². The van der Waals surface area contributed by atoms with Crippen LogP contribution in [0.5, 0.6) is 0 Å². The molecule has 0 fully saturated rings. The van der Waals surface area contributed by atoms with Crippen molar-refractivity contribution in [3.8, 4) is 0 Å². The first-order valence-electron chi connectivity index (χ1n) is 9.30. The van der Waals surface area contributed by atoms with Crippen LogP contribution >= 0.6 is 11.6 Å². The Morgan fingerprint density at radius 3 is 2.79 bits per heavy atom. The molecule has 0 bridgehead atoms. The van der Waals surface area contributed by atoms with Gasteiger partial charge in [-0.1, -0.05) is 35.9 Å². The fourth-order valence-electron chi connectivity index (χ4n) is 3.46. The number of nitrogens with one attached hydrogen (secondary N) is 1. The summed E-state index contributed by atoms with van der Waals surface area (Å²) in [5.74, 6) is 0.280. The standard InChI is InChI=1S/C22H21ClN4O/c1-14-13-19(21(28)25-18-10-5-9-17(23)15(18)2)26-22(24-14)27-12-6-8-16-7-3-4-11-20(16)27/h3-5,7,9-11,13H,6,8,12H2,1-2H3,(H,25,28). The second-order valence-electron chi connectivity index (χ2n) is 6.94. The van der Waals surface area contributed by atoms with E-state index in [1.54, 1.807) is 12.1 Å². The summed E-state index contributed by atoms with van der Waals surface area (Å²) in [5, 5.41) is 3.52. The van der Waals surface area contributed by atoms with Gasteiger partial charge in [0.1, 0.15) is 5.69 Å². The molecule has 28 heavy (non-hydrogen) atoms. The normalized spacial score (nSPS) is 13.2. The first-order valence-corrected chi connectivity index (χ1v) is 9.68. The van der Waals surface area contributed by atoms with Crippen LogP contribution in [-0.4, -0.2) is 22.4 Å². The molecule has 0 aliphatic carbocycles. The third kappa shape index (κ3) is 3.58.